The molecule has 3 rings (SSSR count). The van der Waals surface area contributed by atoms with Gasteiger partial charge in [-0.1, -0.05) is 0 Å². The molecule has 1 aromatic heterocycles. The molecule has 0 bridgehead atoms. The van der Waals surface area contributed by atoms with Crippen LogP contribution in [0.4, 0.5) is 5.82 Å². The van der Waals surface area contributed by atoms with E-state index in [0.717, 1.165) is 57.7 Å². The highest BCUT2D eigenvalue weighted by molar-refractivity contribution is 5.79. The molecular weight excluding hydrogens is 304 g/mol. The number of pyridine rings is 1. The third kappa shape index (κ3) is 3.68. The fraction of sp³-hybridized carbons (Fsp3) is 0.611. The molecule has 0 aliphatic carbocycles. The molecule has 24 heavy (non-hydrogen) atoms. The number of carbonyl (C=O) groups is 1. The van der Waals surface area contributed by atoms with Crippen molar-refractivity contribution in [2.24, 2.45) is 5.92 Å². The molecule has 2 aliphatic heterocycles. The van der Waals surface area contributed by atoms with Gasteiger partial charge in [-0.05, 0) is 37.8 Å². The van der Waals surface area contributed by atoms with Crippen molar-refractivity contribution in [3.63, 3.8) is 0 Å². The maximum absolute atomic E-state index is 12.7. The molecule has 0 N–H and O–H groups in total. The van der Waals surface area contributed by atoms with E-state index in [1.54, 1.807) is 19.4 Å². The predicted octanol–water partition coefficient (Wildman–Crippen LogP) is 1.81. The molecule has 3 heterocycles. The standard InChI is InChI=1S/C18H24N4O2/c1-24-16-6-10-22(11-7-16)18(23)15-4-8-21(9-5-15)17-3-2-14(12-19)13-20-17/h2-3,13,15-16H,4-11H2,1H3. The van der Waals surface area contributed by atoms with Crippen LogP contribution in [0.25, 0.3) is 0 Å². The summed E-state index contributed by atoms with van der Waals surface area (Å²) < 4.78 is 5.37. The van der Waals surface area contributed by atoms with Gasteiger partial charge in [0.15, 0.2) is 0 Å². The van der Waals surface area contributed by atoms with Crippen molar-refractivity contribution < 1.29 is 9.53 Å². The summed E-state index contributed by atoms with van der Waals surface area (Å²) in [5.41, 5.74) is 0.572. The summed E-state index contributed by atoms with van der Waals surface area (Å²) in [5, 5.41) is 8.84. The lowest BCUT2D eigenvalue weighted by Crippen LogP contribution is -2.46. The molecule has 0 unspecified atom stereocenters. The lowest BCUT2D eigenvalue weighted by atomic mass is 9.94. The third-order valence-electron chi connectivity index (χ3n) is 5.13. The van der Waals surface area contributed by atoms with Gasteiger partial charge in [-0.2, -0.15) is 5.26 Å². The maximum atomic E-state index is 12.7. The van der Waals surface area contributed by atoms with E-state index in [1.165, 1.54) is 0 Å². The highest BCUT2D eigenvalue weighted by atomic mass is 16.5. The monoisotopic (exact) mass is 328 g/mol. The first-order chi connectivity index (χ1) is 11.7. The third-order valence-corrected chi connectivity index (χ3v) is 5.13. The van der Waals surface area contributed by atoms with Crippen LogP contribution in [0.3, 0.4) is 0 Å². The second kappa shape index (κ2) is 7.63. The van der Waals surface area contributed by atoms with Gasteiger partial charge in [-0.25, -0.2) is 4.98 Å². The first-order valence-electron chi connectivity index (χ1n) is 8.64. The number of aromatic nitrogens is 1. The number of carbonyl (C=O) groups excluding carboxylic acids is 1. The van der Waals surface area contributed by atoms with E-state index in [1.807, 2.05) is 11.0 Å². The van der Waals surface area contributed by atoms with Crippen molar-refractivity contribution in [1.82, 2.24) is 9.88 Å². The highest BCUT2D eigenvalue weighted by Gasteiger charge is 2.31. The molecule has 0 radical (unpaired) electrons. The van der Waals surface area contributed by atoms with Gasteiger partial charge in [0.25, 0.3) is 0 Å². The molecule has 0 spiro atoms. The number of anilines is 1. The Hall–Kier alpha value is -2.13. The van der Waals surface area contributed by atoms with Crippen molar-refractivity contribution in [3.05, 3.63) is 23.9 Å². The Balaban J connectivity index is 1.51. The van der Waals surface area contributed by atoms with Crippen LogP contribution in [0.2, 0.25) is 0 Å². The molecule has 6 nitrogen and oxygen atoms in total. The van der Waals surface area contributed by atoms with Gasteiger partial charge in [-0.15, -0.1) is 0 Å². The largest absolute Gasteiger partial charge is 0.381 e. The summed E-state index contributed by atoms with van der Waals surface area (Å²) in [6.07, 6.45) is 5.52. The summed E-state index contributed by atoms with van der Waals surface area (Å²) in [6.45, 7) is 3.30. The smallest absolute Gasteiger partial charge is 0.225 e. The van der Waals surface area contributed by atoms with Crippen LogP contribution >= 0.6 is 0 Å². The minimum atomic E-state index is 0.124. The van der Waals surface area contributed by atoms with E-state index < -0.39 is 0 Å². The number of nitriles is 1. The lowest BCUT2D eigenvalue weighted by Gasteiger charge is -2.37. The fourth-order valence-electron chi connectivity index (χ4n) is 3.56. The van der Waals surface area contributed by atoms with Crippen LogP contribution in [-0.4, -0.2) is 55.2 Å². The van der Waals surface area contributed by atoms with Crippen LogP contribution in [0.1, 0.15) is 31.2 Å². The zero-order chi connectivity index (χ0) is 16.9. The SMILES string of the molecule is COC1CCN(C(=O)C2CCN(c3ccc(C#N)cn3)CC2)CC1. The molecule has 0 aromatic carbocycles. The normalized spacial score (nSPS) is 20.0. The number of hydrogen-bond acceptors (Lipinski definition) is 5. The Bertz CT molecular complexity index is 594. The van der Waals surface area contributed by atoms with Gasteiger partial charge < -0.3 is 14.5 Å². The molecule has 0 atom stereocenters. The zero-order valence-electron chi connectivity index (χ0n) is 14.1. The number of nitrogens with zero attached hydrogens (tertiary/aromatic N) is 4. The van der Waals surface area contributed by atoms with Crippen molar-refractivity contribution in [1.29, 1.82) is 5.26 Å². The summed E-state index contributed by atoms with van der Waals surface area (Å²) in [6, 6.07) is 5.76. The van der Waals surface area contributed by atoms with Crippen molar-refractivity contribution >= 4 is 11.7 Å². The molecule has 0 saturated carbocycles. The van der Waals surface area contributed by atoms with E-state index in [2.05, 4.69) is 16.0 Å². The Morgan fingerprint density at radius 2 is 1.92 bits per heavy atom. The van der Waals surface area contributed by atoms with Gasteiger partial charge in [0.05, 0.1) is 11.7 Å². The fourth-order valence-corrected chi connectivity index (χ4v) is 3.56. The Morgan fingerprint density at radius 1 is 1.21 bits per heavy atom. The van der Waals surface area contributed by atoms with Gasteiger partial charge in [-0.3, -0.25) is 4.79 Å². The molecule has 6 heteroatoms. The Morgan fingerprint density at radius 3 is 2.46 bits per heavy atom. The molecule has 2 saturated heterocycles. The minimum Gasteiger partial charge on any atom is -0.381 e. The first kappa shape index (κ1) is 16.7. The van der Waals surface area contributed by atoms with E-state index in [4.69, 9.17) is 10.00 Å². The molecule has 2 aliphatic rings. The summed E-state index contributed by atoms with van der Waals surface area (Å²) >= 11 is 0. The number of rotatable bonds is 3. The van der Waals surface area contributed by atoms with E-state index in [0.29, 0.717) is 17.6 Å². The van der Waals surface area contributed by atoms with Gasteiger partial charge in [0.1, 0.15) is 11.9 Å². The van der Waals surface area contributed by atoms with Crippen molar-refractivity contribution in [3.8, 4) is 6.07 Å². The van der Waals surface area contributed by atoms with Gasteiger partial charge in [0, 0.05) is 45.4 Å². The second-order valence-electron chi connectivity index (χ2n) is 6.54. The molecule has 1 aromatic rings. The van der Waals surface area contributed by atoms with E-state index in [9.17, 15) is 4.79 Å². The minimum absolute atomic E-state index is 0.124. The quantitative estimate of drug-likeness (QED) is 0.846. The number of methoxy groups -OCH3 is 1. The molecule has 2 fully saturated rings. The average molecular weight is 328 g/mol. The van der Waals surface area contributed by atoms with E-state index in [-0.39, 0.29) is 5.92 Å². The second-order valence-corrected chi connectivity index (χ2v) is 6.54. The van der Waals surface area contributed by atoms with Crippen LogP contribution in [0.15, 0.2) is 18.3 Å². The predicted molar refractivity (Wildman–Crippen MR) is 90.5 cm³/mol. The van der Waals surface area contributed by atoms with Crippen molar-refractivity contribution in [2.75, 3.05) is 38.2 Å². The lowest BCUT2D eigenvalue weighted by molar-refractivity contribution is -0.138. The Labute approximate surface area is 143 Å². The Kier molecular flexibility index (Phi) is 5.31. The zero-order valence-corrected chi connectivity index (χ0v) is 14.1. The topological polar surface area (TPSA) is 69.5 Å². The van der Waals surface area contributed by atoms with Gasteiger partial charge >= 0.3 is 0 Å². The van der Waals surface area contributed by atoms with E-state index >= 15 is 0 Å². The number of amides is 1. The van der Waals surface area contributed by atoms with Crippen LogP contribution < -0.4 is 4.90 Å². The number of ether oxygens (including phenoxy) is 1. The summed E-state index contributed by atoms with van der Waals surface area (Å²) in [5.74, 6) is 1.32. The number of likely N-dealkylation sites (tertiary alicyclic amines) is 1. The summed E-state index contributed by atoms with van der Waals surface area (Å²) in [4.78, 5) is 21.2. The van der Waals surface area contributed by atoms with Crippen molar-refractivity contribution in [2.45, 2.75) is 31.8 Å². The van der Waals surface area contributed by atoms with Crippen LogP contribution in [0, 0.1) is 17.2 Å². The number of piperidine rings is 2. The summed E-state index contributed by atoms with van der Waals surface area (Å²) in [7, 11) is 1.75. The molecule has 128 valence electrons. The van der Waals surface area contributed by atoms with Crippen LogP contribution in [-0.2, 0) is 9.53 Å². The van der Waals surface area contributed by atoms with Crippen LogP contribution in [0.5, 0.6) is 0 Å². The maximum Gasteiger partial charge on any atom is 0.225 e. The van der Waals surface area contributed by atoms with Gasteiger partial charge in [0.2, 0.25) is 5.91 Å². The first-order valence-corrected chi connectivity index (χ1v) is 8.64. The molecular formula is C18H24N4O2. The average Bonchev–Trinajstić information content (AvgIpc) is 2.68. The highest BCUT2D eigenvalue weighted by Crippen LogP contribution is 2.25. The molecule has 1 amide bonds. The number of hydrogen-bond donors (Lipinski definition) is 0.